The summed E-state index contributed by atoms with van der Waals surface area (Å²) in [7, 11) is 0. The number of anilines is 1. The van der Waals surface area contributed by atoms with Crippen LogP contribution < -0.4 is 15.4 Å². The van der Waals surface area contributed by atoms with E-state index in [0.717, 1.165) is 17.9 Å². The number of rotatable bonds is 6. The maximum atomic E-state index is 5.73. The zero-order chi connectivity index (χ0) is 18.4. The van der Waals surface area contributed by atoms with E-state index in [2.05, 4.69) is 49.6 Å². The van der Waals surface area contributed by atoms with Crippen LogP contribution in [-0.4, -0.2) is 11.2 Å². The lowest BCUT2D eigenvalue weighted by Crippen LogP contribution is -2.32. The van der Waals surface area contributed by atoms with Crippen molar-refractivity contribution < 1.29 is 4.74 Å². The van der Waals surface area contributed by atoms with E-state index in [0.29, 0.717) is 5.11 Å². The second kappa shape index (κ2) is 8.86. The van der Waals surface area contributed by atoms with Crippen molar-refractivity contribution in [3.05, 3.63) is 59.2 Å². The Kier molecular flexibility index (Phi) is 6.82. The van der Waals surface area contributed by atoms with Crippen molar-refractivity contribution in [2.45, 2.75) is 53.2 Å². The fourth-order valence-electron chi connectivity index (χ4n) is 2.86. The van der Waals surface area contributed by atoms with E-state index in [4.69, 9.17) is 17.0 Å². The van der Waals surface area contributed by atoms with Gasteiger partial charge in [0.05, 0.1) is 12.1 Å². The fourth-order valence-corrected chi connectivity index (χ4v) is 3.12. The molecule has 0 saturated carbocycles. The molecule has 2 aromatic rings. The Morgan fingerprint density at radius 3 is 2.52 bits per heavy atom. The number of benzene rings is 2. The van der Waals surface area contributed by atoms with Crippen molar-refractivity contribution in [1.29, 1.82) is 0 Å². The largest absolute Gasteiger partial charge is 0.491 e. The molecule has 0 aliphatic heterocycles. The van der Waals surface area contributed by atoms with Crippen LogP contribution in [0.1, 0.15) is 49.9 Å². The first-order valence-corrected chi connectivity index (χ1v) is 9.21. The number of hydrogen-bond donors (Lipinski definition) is 2. The molecule has 3 nitrogen and oxygen atoms in total. The van der Waals surface area contributed by atoms with Gasteiger partial charge in [0.25, 0.3) is 0 Å². The van der Waals surface area contributed by atoms with Crippen molar-refractivity contribution in [2.24, 2.45) is 0 Å². The Morgan fingerprint density at radius 1 is 1.12 bits per heavy atom. The number of thiocarbonyl (C=S) groups is 1. The summed E-state index contributed by atoms with van der Waals surface area (Å²) in [5.41, 5.74) is 4.77. The van der Waals surface area contributed by atoms with Gasteiger partial charge in [-0.05, 0) is 69.6 Å². The average molecular weight is 357 g/mol. The quantitative estimate of drug-likeness (QED) is 0.667. The zero-order valence-electron chi connectivity index (χ0n) is 15.7. The summed E-state index contributed by atoms with van der Waals surface area (Å²) in [4.78, 5) is 0. The molecule has 0 heterocycles. The first-order valence-electron chi connectivity index (χ1n) is 8.80. The van der Waals surface area contributed by atoms with Crippen LogP contribution in [0.4, 0.5) is 5.69 Å². The van der Waals surface area contributed by atoms with Crippen LogP contribution in [-0.2, 0) is 0 Å². The van der Waals surface area contributed by atoms with Gasteiger partial charge in [-0.15, -0.1) is 0 Å². The van der Waals surface area contributed by atoms with E-state index in [1.54, 1.807) is 0 Å². The molecule has 0 spiro atoms. The lowest BCUT2D eigenvalue weighted by atomic mass is 9.98. The molecule has 0 amide bonds. The number of ether oxygens (including phenoxy) is 1. The van der Waals surface area contributed by atoms with Crippen molar-refractivity contribution in [3.63, 3.8) is 0 Å². The average Bonchev–Trinajstić information content (AvgIpc) is 2.53. The Balaban J connectivity index is 2.05. The summed E-state index contributed by atoms with van der Waals surface area (Å²) >= 11 is 5.52. The normalized spacial score (nSPS) is 11.9. The molecule has 134 valence electrons. The second-order valence-corrected chi connectivity index (χ2v) is 7.02. The Bertz CT molecular complexity index is 728. The Morgan fingerprint density at radius 2 is 1.88 bits per heavy atom. The van der Waals surface area contributed by atoms with Crippen molar-refractivity contribution >= 4 is 23.0 Å². The zero-order valence-corrected chi connectivity index (χ0v) is 16.5. The molecule has 1 atom stereocenters. The fraction of sp³-hybridized carbons (Fsp3) is 0.381. The number of nitrogens with one attached hydrogen (secondary N) is 2. The van der Waals surface area contributed by atoms with Crippen molar-refractivity contribution in [3.8, 4) is 5.75 Å². The minimum atomic E-state index is 0.148. The third-order valence-electron chi connectivity index (χ3n) is 3.98. The number of hydrogen-bond acceptors (Lipinski definition) is 2. The molecule has 0 saturated heterocycles. The van der Waals surface area contributed by atoms with Crippen LogP contribution in [0.15, 0.2) is 42.5 Å². The molecular formula is C21H28N2OS. The van der Waals surface area contributed by atoms with Gasteiger partial charge in [-0.1, -0.05) is 36.8 Å². The molecule has 2 N–H and O–H groups in total. The van der Waals surface area contributed by atoms with E-state index >= 15 is 0 Å². The molecule has 25 heavy (non-hydrogen) atoms. The van der Waals surface area contributed by atoms with Crippen LogP contribution >= 0.6 is 12.2 Å². The maximum absolute atomic E-state index is 5.73. The highest BCUT2D eigenvalue weighted by Crippen LogP contribution is 2.23. The van der Waals surface area contributed by atoms with Crippen LogP contribution in [0.5, 0.6) is 5.75 Å². The number of aryl methyl sites for hydroxylation is 2. The van der Waals surface area contributed by atoms with Crippen LogP contribution in [0.3, 0.4) is 0 Å². The van der Waals surface area contributed by atoms with Gasteiger partial charge < -0.3 is 15.4 Å². The minimum Gasteiger partial charge on any atom is -0.491 e. The monoisotopic (exact) mass is 356 g/mol. The Labute approximate surface area is 156 Å². The lowest BCUT2D eigenvalue weighted by Gasteiger charge is -2.22. The molecule has 0 radical (unpaired) electrons. The van der Waals surface area contributed by atoms with Gasteiger partial charge >= 0.3 is 0 Å². The van der Waals surface area contributed by atoms with Crippen LogP contribution in [0.25, 0.3) is 0 Å². The highest BCUT2D eigenvalue weighted by atomic mass is 32.1. The van der Waals surface area contributed by atoms with Gasteiger partial charge in [0.1, 0.15) is 5.75 Å². The molecule has 2 rings (SSSR count). The van der Waals surface area contributed by atoms with Crippen molar-refractivity contribution in [1.82, 2.24) is 5.32 Å². The van der Waals surface area contributed by atoms with Crippen molar-refractivity contribution in [2.75, 3.05) is 5.32 Å². The summed E-state index contributed by atoms with van der Waals surface area (Å²) in [6.45, 7) is 10.5. The molecule has 0 aliphatic rings. The molecule has 0 unspecified atom stereocenters. The standard InChI is InChI=1S/C21H28N2OS/c1-6-20(19-11-10-15(4)12-16(19)5)23-21(25)22-17-8-7-9-18(13-17)24-14(2)3/h7-14,20H,6H2,1-5H3,(H2,22,23,25)/t20-/m0/s1. The Hall–Kier alpha value is -2.07. The topological polar surface area (TPSA) is 33.3 Å². The van der Waals surface area contributed by atoms with Gasteiger partial charge in [-0.2, -0.15) is 0 Å². The second-order valence-electron chi connectivity index (χ2n) is 6.61. The SMILES string of the molecule is CC[C@H](NC(=S)Nc1cccc(OC(C)C)c1)c1ccc(C)cc1C. The summed E-state index contributed by atoms with van der Waals surface area (Å²) in [5, 5.41) is 7.31. The molecule has 0 bridgehead atoms. The lowest BCUT2D eigenvalue weighted by molar-refractivity contribution is 0.242. The third-order valence-corrected chi connectivity index (χ3v) is 4.20. The predicted octanol–water partition coefficient (Wildman–Crippen LogP) is 5.53. The van der Waals surface area contributed by atoms with E-state index < -0.39 is 0 Å². The summed E-state index contributed by atoms with van der Waals surface area (Å²) in [5.74, 6) is 0.837. The van der Waals surface area contributed by atoms with Crippen LogP contribution in [0, 0.1) is 13.8 Å². The highest BCUT2D eigenvalue weighted by molar-refractivity contribution is 7.80. The highest BCUT2D eigenvalue weighted by Gasteiger charge is 2.13. The van der Waals surface area contributed by atoms with E-state index in [1.165, 1.54) is 16.7 Å². The molecule has 4 heteroatoms. The molecule has 0 fully saturated rings. The predicted molar refractivity (Wildman–Crippen MR) is 111 cm³/mol. The maximum Gasteiger partial charge on any atom is 0.171 e. The minimum absolute atomic E-state index is 0.148. The third kappa shape index (κ3) is 5.75. The summed E-state index contributed by atoms with van der Waals surface area (Å²) in [6, 6.07) is 14.6. The smallest absolute Gasteiger partial charge is 0.171 e. The van der Waals surface area contributed by atoms with Gasteiger partial charge in [-0.3, -0.25) is 0 Å². The summed E-state index contributed by atoms with van der Waals surface area (Å²) in [6.07, 6.45) is 1.11. The van der Waals surface area contributed by atoms with Gasteiger partial charge in [0.2, 0.25) is 0 Å². The summed E-state index contributed by atoms with van der Waals surface area (Å²) < 4.78 is 5.73. The molecule has 0 aliphatic carbocycles. The van der Waals surface area contributed by atoms with E-state index in [-0.39, 0.29) is 12.1 Å². The first kappa shape index (κ1) is 19.3. The molecule has 2 aromatic carbocycles. The molecular weight excluding hydrogens is 328 g/mol. The van der Waals surface area contributed by atoms with E-state index in [9.17, 15) is 0 Å². The van der Waals surface area contributed by atoms with Crippen LogP contribution in [0.2, 0.25) is 0 Å². The van der Waals surface area contributed by atoms with E-state index in [1.807, 2.05) is 38.1 Å². The molecule has 0 aromatic heterocycles. The van der Waals surface area contributed by atoms with Gasteiger partial charge in [0.15, 0.2) is 5.11 Å². The van der Waals surface area contributed by atoms with Gasteiger partial charge in [0, 0.05) is 11.8 Å². The van der Waals surface area contributed by atoms with Gasteiger partial charge in [-0.25, -0.2) is 0 Å². The first-order chi connectivity index (χ1) is 11.9.